The van der Waals surface area contributed by atoms with E-state index in [9.17, 15) is 15.2 Å². The zero-order valence-electron chi connectivity index (χ0n) is 14.1. The van der Waals surface area contributed by atoms with Crippen molar-refractivity contribution in [3.63, 3.8) is 0 Å². The maximum Gasteiger partial charge on any atom is 0.271 e. The van der Waals surface area contributed by atoms with E-state index < -0.39 is 4.92 Å². The highest BCUT2D eigenvalue weighted by molar-refractivity contribution is 9.10. The number of nitro groups is 1. The van der Waals surface area contributed by atoms with Gasteiger partial charge in [-0.25, -0.2) is 15.4 Å². The van der Waals surface area contributed by atoms with Crippen molar-refractivity contribution in [2.45, 2.75) is 6.92 Å². The molecule has 0 saturated carbocycles. The Labute approximate surface area is 162 Å². The van der Waals surface area contributed by atoms with Crippen LogP contribution in [0.2, 0.25) is 0 Å². The van der Waals surface area contributed by atoms with Gasteiger partial charge in [0.05, 0.1) is 21.3 Å². The Morgan fingerprint density at radius 3 is 2.67 bits per heavy atom. The van der Waals surface area contributed by atoms with Gasteiger partial charge in [-0.05, 0) is 28.9 Å². The summed E-state index contributed by atoms with van der Waals surface area (Å²) < 4.78 is 0.205. The number of halogens is 1. The van der Waals surface area contributed by atoms with Crippen LogP contribution in [0.5, 0.6) is 5.75 Å². The van der Waals surface area contributed by atoms with Crippen LogP contribution in [0.3, 0.4) is 0 Å². The van der Waals surface area contributed by atoms with E-state index in [0.29, 0.717) is 0 Å². The predicted molar refractivity (Wildman–Crippen MR) is 106 cm³/mol. The number of rotatable bonds is 5. The molecule has 0 fully saturated rings. The summed E-state index contributed by atoms with van der Waals surface area (Å²) in [5.74, 6) is 0.121. The van der Waals surface area contributed by atoms with Crippen molar-refractivity contribution in [3.8, 4) is 17.0 Å². The molecule has 2 aromatic carbocycles. The molecule has 0 aliphatic rings. The molecule has 0 unspecified atom stereocenters. The van der Waals surface area contributed by atoms with E-state index in [1.807, 2.05) is 43.3 Å². The van der Waals surface area contributed by atoms with Gasteiger partial charge in [0.2, 0.25) is 5.95 Å². The van der Waals surface area contributed by atoms with E-state index in [1.165, 1.54) is 18.3 Å². The van der Waals surface area contributed by atoms with Crippen LogP contribution in [-0.2, 0) is 0 Å². The minimum atomic E-state index is -0.551. The normalized spacial score (nSPS) is 10.9. The summed E-state index contributed by atoms with van der Waals surface area (Å²) in [6.45, 7) is 1.84. The number of nitrogens with one attached hydrogen (secondary N) is 1. The lowest BCUT2D eigenvalue weighted by molar-refractivity contribution is -0.385. The molecular weight excluding hydrogens is 414 g/mol. The molecule has 27 heavy (non-hydrogen) atoms. The average molecular weight is 428 g/mol. The lowest BCUT2D eigenvalue weighted by atomic mass is 10.1. The highest BCUT2D eigenvalue weighted by atomic mass is 79.9. The van der Waals surface area contributed by atoms with Crippen molar-refractivity contribution < 1.29 is 10.0 Å². The van der Waals surface area contributed by atoms with Crippen LogP contribution in [-0.4, -0.2) is 26.2 Å². The van der Waals surface area contributed by atoms with Crippen molar-refractivity contribution in [2.75, 3.05) is 5.43 Å². The largest absolute Gasteiger partial charge is 0.506 e. The van der Waals surface area contributed by atoms with E-state index >= 15 is 0 Å². The Hall–Kier alpha value is -3.33. The smallest absolute Gasteiger partial charge is 0.271 e. The average Bonchev–Trinajstić information content (AvgIpc) is 2.65. The first-order valence-electron chi connectivity index (χ1n) is 7.81. The van der Waals surface area contributed by atoms with Gasteiger partial charge in [-0.15, -0.1) is 0 Å². The summed E-state index contributed by atoms with van der Waals surface area (Å²) in [4.78, 5) is 19.1. The Balaban J connectivity index is 1.85. The van der Waals surface area contributed by atoms with Gasteiger partial charge in [0.1, 0.15) is 5.75 Å². The number of nitro benzene ring substituents is 1. The van der Waals surface area contributed by atoms with Crippen LogP contribution in [0.4, 0.5) is 11.6 Å². The number of benzene rings is 2. The molecule has 1 heterocycles. The minimum absolute atomic E-state index is 0.152. The van der Waals surface area contributed by atoms with Crippen molar-refractivity contribution in [1.29, 1.82) is 0 Å². The maximum atomic E-state index is 10.9. The molecule has 0 aliphatic heterocycles. The summed E-state index contributed by atoms with van der Waals surface area (Å²) in [5.41, 5.74) is 5.13. The van der Waals surface area contributed by atoms with Gasteiger partial charge in [-0.3, -0.25) is 10.1 Å². The predicted octanol–water partition coefficient (Wildman–Crippen LogP) is 4.27. The number of non-ortho nitro benzene ring substituents is 1. The van der Waals surface area contributed by atoms with Crippen LogP contribution in [0.15, 0.2) is 58.1 Å². The third-order valence-corrected chi connectivity index (χ3v) is 4.18. The van der Waals surface area contributed by atoms with Gasteiger partial charge in [-0.1, -0.05) is 30.3 Å². The lowest BCUT2D eigenvalue weighted by Gasteiger charge is -2.06. The molecule has 8 nitrogen and oxygen atoms in total. The molecule has 0 aliphatic carbocycles. The molecule has 0 saturated heterocycles. The van der Waals surface area contributed by atoms with Gasteiger partial charge in [0, 0.05) is 29.0 Å². The first kappa shape index (κ1) is 18.5. The molecule has 9 heteroatoms. The fourth-order valence-electron chi connectivity index (χ4n) is 2.34. The maximum absolute atomic E-state index is 10.9. The summed E-state index contributed by atoms with van der Waals surface area (Å²) in [5, 5.41) is 24.9. The van der Waals surface area contributed by atoms with Crippen LogP contribution >= 0.6 is 15.9 Å². The number of nitrogens with zero attached hydrogens (tertiary/aromatic N) is 4. The quantitative estimate of drug-likeness (QED) is 0.356. The van der Waals surface area contributed by atoms with Gasteiger partial charge in [-0.2, -0.15) is 5.10 Å². The Bertz CT molecular complexity index is 1030. The van der Waals surface area contributed by atoms with Crippen LogP contribution < -0.4 is 5.43 Å². The second kappa shape index (κ2) is 7.92. The molecule has 3 aromatic rings. The number of anilines is 1. The van der Waals surface area contributed by atoms with Gasteiger partial charge in [0.25, 0.3) is 5.69 Å². The highest BCUT2D eigenvalue weighted by Gasteiger charge is 2.13. The van der Waals surface area contributed by atoms with Crippen molar-refractivity contribution >= 4 is 33.8 Å². The number of hydrogen-bond acceptors (Lipinski definition) is 7. The molecule has 136 valence electrons. The molecule has 0 atom stereocenters. The number of aromatic nitrogens is 2. The molecule has 1 aromatic heterocycles. The molecule has 0 bridgehead atoms. The van der Waals surface area contributed by atoms with E-state index in [2.05, 4.69) is 36.4 Å². The van der Waals surface area contributed by atoms with Crippen molar-refractivity contribution in [1.82, 2.24) is 9.97 Å². The number of phenolic OH excluding ortho intramolecular Hbond substituents is 1. The van der Waals surface area contributed by atoms with E-state index in [1.54, 1.807) is 0 Å². The third kappa shape index (κ3) is 4.45. The second-order valence-electron chi connectivity index (χ2n) is 5.58. The SMILES string of the molecule is Cc1cc(-c2ccccc2)nc(N/N=C\c2cc([N+](=O)[O-])cc(Br)c2O)n1. The molecule has 0 spiro atoms. The van der Waals surface area contributed by atoms with Gasteiger partial charge < -0.3 is 5.11 Å². The second-order valence-corrected chi connectivity index (χ2v) is 6.43. The highest BCUT2D eigenvalue weighted by Crippen LogP contribution is 2.31. The monoisotopic (exact) mass is 427 g/mol. The molecule has 0 amide bonds. The summed E-state index contributed by atoms with van der Waals surface area (Å²) >= 11 is 3.09. The molecule has 0 radical (unpaired) electrons. The topological polar surface area (TPSA) is 114 Å². The number of aromatic hydroxyl groups is 1. The standard InChI is InChI=1S/C18H14BrN5O3/c1-11-7-16(12-5-3-2-4-6-12)22-18(21-11)23-20-10-13-8-14(24(26)27)9-15(19)17(13)25/h2-10,25H,1H3,(H,21,22,23)/b20-10-. The Morgan fingerprint density at radius 1 is 1.22 bits per heavy atom. The van der Waals surface area contributed by atoms with E-state index in [4.69, 9.17) is 0 Å². The van der Waals surface area contributed by atoms with Crippen molar-refractivity contribution in [3.05, 3.63) is 74.4 Å². The van der Waals surface area contributed by atoms with Gasteiger partial charge in [0.15, 0.2) is 0 Å². The number of hydrazone groups is 1. The van der Waals surface area contributed by atoms with E-state index in [0.717, 1.165) is 17.0 Å². The fraction of sp³-hybridized carbons (Fsp3) is 0.0556. The zero-order chi connectivity index (χ0) is 19.4. The summed E-state index contributed by atoms with van der Waals surface area (Å²) in [6, 6.07) is 13.9. The number of hydrogen-bond donors (Lipinski definition) is 2. The van der Waals surface area contributed by atoms with Gasteiger partial charge >= 0.3 is 0 Å². The summed E-state index contributed by atoms with van der Waals surface area (Å²) in [7, 11) is 0. The third-order valence-electron chi connectivity index (χ3n) is 3.58. The molecular formula is C18H14BrN5O3. The van der Waals surface area contributed by atoms with E-state index in [-0.39, 0.29) is 27.4 Å². The first-order valence-corrected chi connectivity index (χ1v) is 8.60. The zero-order valence-corrected chi connectivity index (χ0v) is 15.7. The minimum Gasteiger partial charge on any atom is -0.506 e. The number of aryl methyl sites for hydroxylation is 1. The summed E-state index contributed by atoms with van der Waals surface area (Å²) in [6.07, 6.45) is 1.26. The molecule has 2 N–H and O–H groups in total. The number of phenols is 1. The fourth-order valence-corrected chi connectivity index (χ4v) is 2.81. The van der Waals surface area contributed by atoms with Crippen LogP contribution in [0.1, 0.15) is 11.3 Å². The molecule has 3 rings (SSSR count). The lowest BCUT2D eigenvalue weighted by Crippen LogP contribution is -2.00. The first-order chi connectivity index (χ1) is 12.9. The Morgan fingerprint density at radius 2 is 1.96 bits per heavy atom. The van der Waals surface area contributed by atoms with Crippen LogP contribution in [0, 0.1) is 17.0 Å². The Kier molecular flexibility index (Phi) is 5.41. The van der Waals surface area contributed by atoms with Crippen LogP contribution in [0.25, 0.3) is 11.3 Å². The van der Waals surface area contributed by atoms with Crippen molar-refractivity contribution in [2.24, 2.45) is 5.10 Å².